The fourth-order valence-electron chi connectivity index (χ4n) is 1.76. The zero-order valence-electron chi connectivity index (χ0n) is 13.6. The highest BCUT2D eigenvalue weighted by Gasteiger charge is 2.27. The molecule has 0 radical (unpaired) electrons. The van der Waals surface area contributed by atoms with Crippen molar-refractivity contribution in [2.24, 2.45) is 5.92 Å². The molecule has 122 valence electrons. The number of carbonyl (C=O) groups is 2. The van der Waals surface area contributed by atoms with Crippen molar-refractivity contribution in [2.45, 2.75) is 46.3 Å². The molecule has 6 heteroatoms. The molecular formula is C16H23FN2O3. The number of carbonyl (C=O) groups excluding carboxylic acids is 2. The Morgan fingerprint density at radius 3 is 2.36 bits per heavy atom. The van der Waals surface area contributed by atoms with Crippen LogP contribution >= 0.6 is 0 Å². The summed E-state index contributed by atoms with van der Waals surface area (Å²) >= 11 is 0. The third-order valence-electron chi connectivity index (χ3n) is 2.71. The summed E-state index contributed by atoms with van der Waals surface area (Å²) in [5.41, 5.74) is -0.313. The van der Waals surface area contributed by atoms with Crippen molar-refractivity contribution in [3.8, 4) is 0 Å². The van der Waals surface area contributed by atoms with Crippen LogP contribution in [-0.2, 0) is 9.53 Å². The summed E-state index contributed by atoms with van der Waals surface area (Å²) in [5, 5.41) is 5.12. The normalized spacial score (nSPS) is 12.7. The lowest BCUT2D eigenvalue weighted by Crippen LogP contribution is -2.48. The zero-order chi connectivity index (χ0) is 16.9. The predicted octanol–water partition coefficient (Wildman–Crippen LogP) is 3.31. The zero-order valence-corrected chi connectivity index (χ0v) is 13.6. The smallest absolute Gasteiger partial charge is 0.408 e. The molecular weight excluding hydrogens is 287 g/mol. The summed E-state index contributed by atoms with van der Waals surface area (Å²) in [6.45, 7) is 8.82. The number of amides is 2. The van der Waals surface area contributed by atoms with Gasteiger partial charge in [0, 0.05) is 5.69 Å². The maximum Gasteiger partial charge on any atom is 0.408 e. The Bertz CT molecular complexity index is 538. The van der Waals surface area contributed by atoms with Crippen LogP contribution in [0.5, 0.6) is 0 Å². The predicted molar refractivity (Wildman–Crippen MR) is 83.0 cm³/mol. The van der Waals surface area contributed by atoms with Crippen LogP contribution < -0.4 is 10.6 Å². The highest BCUT2D eigenvalue weighted by molar-refractivity contribution is 5.96. The molecule has 0 aliphatic carbocycles. The third-order valence-corrected chi connectivity index (χ3v) is 2.71. The molecule has 2 N–H and O–H groups in total. The largest absolute Gasteiger partial charge is 0.444 e. The maximum atomic E-state index is 13.1. The number of halogens is 1. The van der Waals surface area contributed by atoms with Crippen molar-refractivity contribution in [1.29, 1.82) is 0 Å². The first-order valence-electron chi connectivity index (χ1n) is 7.14. The Balaban J connectivity index is 2.74. The minimum atomic E-state index is -0.780. The van der Waals surface area contributed by atoms with E-state index in [-0.39, 0.29) is 5.92 Å². The second-order valence-electron chi connectivity index (χ2n) is 6.37. The van der Waals surface area contributed by atoms with Crippen molar-refractivity contribution < 1.29 is 18.7 Å². The summed E-state index contributed by atoms with van der Waals surface area (Å²) in [6, 6.07) is 4.79. The van der Waals surface area contributed by atoms with Gasteiger partial charge in [-0.25, -0.2) is 9.18 Å². The quantitative estimate of drug-likeness (QED) is 0.896. The summed E-state index contributed by atoms with van der Waals surface area (Å²) in [4.78, 5) is 24.1. The van der Waals surface area contributed by atoms with Crippen molar-refractivity contribution in [2.75, 3.05) is 5.32 Å². The van der Waals surface area contributed by atoms with E-state index < -0.39 is 29.5 Å². The first-order chi connectivity index (χ1) is 10.1. The van der Waals surface area contributed by atoms with E-state index in [9.17, 15) is 14.0 Å². The number of benzene rings is 1. The second-order valence-corrected chi connectivity index (χ2v) is 6.37. The Labute approximate surface area is 130 Å². The molecule has 0 bridgehead atoms. The molecule has 1 aromatic carbocycles. The molecule has 5 nitrogen and oxygen atoms in total. The van der Waals surface area contributed by atoms with Crippen LogP contribution in [0.2, 0.25) is 0 Å². The highest BCUT2D eigenvalue weighted by Crippen LogP contribution is 2.13. The van der Waals surface area contributed by atoms with Gasteiger partial charge in [-0.2, -0.15) is 0 Å². The van der Waals surface area contributed by atoms with E-state index in [1.807, 2.05) is 0 Å². The molecule has 1 aromatic rings. The van der Waals surface area contributed by atoms with Crippen molar-refractivity contribution in [3.63, 3.8) is 0 Å². The Morgan fingerprint density at radius 1 is 1.23 bits per heavy atom. The van der Waals surface area contributed by atoms with E-state index in [1.165, 1.54) is 18.2 Å². The maximum absolute atomic E-state index is 13.1. The van der Waals surface area contributed by atoms with Crippen molar-refractivity contribution >= 4 is 17.7 Å². The monoisotopic (exact) mass is 310 g/mol. The van der Waals surface area contributed by atoms with Gasteiger partial charge in [0.1, 0.15) is 17.5 Å². The van der Waals surface area contributed by atoms with Gasteiger partial charge in [-0.3, -0.25) is 4.79 Å². The molecule has 0 saturated heterocycles. The molecule has 0 heterocycles. The summed E-state index contributed by atoms with van der Waals surface area (Å²) in [7, 11) is 0. The van der Waals surface area contributed by atoms with E-state index in [2.05, 4.69) is 10.6 Å². The van der Waals surface area contributed by atoms with E-state index in [4.69, 9.17) is 4.74 Å². The van der Waals surface area contributed by atoms with Crippen LogP contribution in [0, 0.1) is 11.7 Å². The fraction of sp³-hybridized carbons (Fsp3) is 0.500. The standard InChI is InChI=1S/C16H23FN2O3/c1-10(2)13(19-15(21)22-16(3,4)5)14(20)18-12-8-6-7-11(17)9-12/h6-10,13H,1-5H3,(H,18,20)(H,19,21). The summed E-state index contributed by atoms with van der Waals surface area (Å²) in [5.74, 6) is -1.02. The first-order valence-corrected chi connectivity index (χ1v) is 7.14. The van der Waals surface area contributed by atoms with Crippen LogP contribution in [0.4, 0.5) is 14.9 Å². The first kappa shape index (κ1) is 17.9. The van der Waals surface area contributed by atoms with Crippen LogP contribution in [0.3, 0.4) is 0 Å². The Morgan fingerprint density at radius 2 is 1.86 bits per heavy atom. The molecule has 1 rings (SSSR count). The van der Waals surface area contributed by atoms with Gasteiger partial charge in [0.05, 0.1) is 0 Å². The number of hydrogen-bond acceptors (Lipinski definition) is 3. The van der Waals surface area contributed by atoms with Gasteiger partial charge in [0.2, 0.25) is 5.91 Å². The van der Waals surface area contributed by atoms with Crippen molar-refractivity contribution in [1.82, 2.24) is 5.32 Å². The number of ether oxygens (including phenoxy) is 1. The second kappa shape index (κ2) is 7.24. The molecule has 0 aromatic heterocycles. The Hall–Kier alpha value is -2.11. The van der Waals surface area contributed by atoms with Crippen LogP contribution in [0.25, 0.3) is 0 Å². The highest BCUT2D eigenvalue weighted by atomic mass is 19.1. The Kier molecular flexibility index (Phi) is 5.91. The van der Waals surface area contributed by atoms with Gasteiger partial charge in [0.15, 0.2) is 0 Å². The summed E-state index contributed by atoms with van der Waals surface area (Å²) < 4.78 is 18.3. The van der Waals surface area contributed by atoms with Crippen LogP contribution in [-0.4, -0.2) is 23.6 Å². The molecule has 1 unspecified atom stereocenters. The molecule has 22 heavy (non-hydrogen) atoms. The minimum Gasteiger partial charge on any atom is -0.444 e. The molecule has 0 aliphatic heterocycles. The van der Waals surface area contributed by atoms with E-state index in [0.29, 0.717) is 5.69 Å². The molecule has 2 amide bonds. The number of nitrogens with one attached hydrogen (secondary N) is 2. The molecule has 0 spiro atoms. The van der Waals surface area contributed by atoms with Gasteiger partial charge in [-0.1, -0.05) is 19.9 Å². The van der Waals surface area contributed by atoms with Gasteiger partial charge in [-0.15, -0.1) is 0 Å². The van der Waals surface area contributed by atoms with E-state index in [0.717, 1.165) is 0 Å². The van der Waals surface area contributed by atoms with Crippen LogP contribution in [0.15, 0.2) is 24.3 Å². The number of hydrogen-bond donors (Lipinski definition) is 2. The number of rotatable bonds is 4. The van der Waals surface area contributed by atoms with Gasteiger partial charge in [0.25, 0.3) is 0 Å². The van der Waals surface area contributed by atoms with Gasteiger partial charge < -0.3 is 15.4 Å². The molecule has 1 atom stereocenters. The average molecular weight is 310 g/mol. The summed E-state index contributed by atoms with van der Waals surface area (Å²) in [6.07, 6.45) is -0.666. The van der Waals surface area contributed by atoms with Gasteiger partial charge >= 0.3 is 6.09 Å². The molecule has 0 saturated carbocycles. The lowest BCUT2D eigenvalue weighted by Gasteiger charge is -2.25. The van der Waals surface area contributed by atoms with Crippen molar-refractivity contribution in [3.05, 3.63) is 30.1 Å². The lowest BCUT2D eigenvalue weighted by atomic mass is 10.0. The topological polar surface area (TPSA) is 67.4 Å². The number of anilines is 1. The van der Waals surface area contributed by atoms with Gasteiger partial charge in [-0.05, 0) is 44.9 Å². The molecule has 0 fully saturated rings. The lowest BCUT2D eigenvalue weighted by molar-refractivity contribution is -0.119. The SMILES string of the molecule is CC(C)C(NC(=O)OC(C)(C)C)C(=O)Nc1cccc(F)c1. The third kappa shape index (κ3) is 6.11. The van der Waals surface area contributed by atoms with E-state index in [1.54, 1.807) is 40.7 Å². The average Bonchev–Trinajstić information content (AvgIpc) is 2.33. The molecule has 0 aliphatic rings. The number of alkyl carbamates (subject to hydrolysis) is 1. The van der Waals surface area contributed by atoms with E-state index >= 15 is 0 Å². The fourth-order valence-corrected chi connectivity index (χ4v) is 1.76. The van der Waals surface area contributed by atoms with Crippen LogP contribution in [0.1, 0.15) is 34.6 Å². The minimum absolute atomic E-state index is 0.152.